The monoisotopic (exact) mass is 400 g/mol. The van der Waals surface area contributed by atoms with Crippen molar-refractivity contribution in [2.45, 2.75) is 57.9 Å². The first kappa shape index (κ1) is 19.2. The number of aromatic amines is 1. The van der Waals surface area contributed by atoms with E-state index >= 15 is 0 Å². The van der Waals surface area contributed by atoms with Crippen LogP contribution in [0.5, 0.6) is 0 Å². The highest BCUT2D eigenvalue weighted by Crippen LogP contribution is 2.47. The first-order chi connectivity index (χ1) is 13.4. The molecule has 4 rings (SSSR count). The van der Waals surface area contributed by atoms with Gasteiger partial charge in [0.15, 0.2) is 4.77 Å². The number of carbonyl (C=O) groups is 1. The van der Waals surface area contributed by atoms with Gasteiger partial charge in [-0.1, -0.05) is 6.92 Å². The van der Waals surface area contributed by atoms with Crippen molar-refractivity contribution in [1.29, 1.82) is 0 Å². The smallest absolute Gasteiger partial charge is 0.246 e. The van der Waals surface area contributed by atoms with Crippen molar-refractivity contribution in [3.8, 4) is 0 Å². The Morgan fingerprint density at radius 1 is 1.36 bits per heavy atom. The average Bonchev–Trinajstić information content (AvgIpc) is 3.08. The molecular formula is C21H28N4O2S. The summed E-state index contributed by atoms with van der Waals surface area (Å²) in [5.74, 6) is 4.45. The predicted molar refractivity (Wildman–Crippen MR) is 111 cm³/mol. The molecule has 2 aromatic rings. The molecule has 0 aromatic carbocycles. The summed E-state index contributed by atoms with van der Waals surface area (Å²) in [5.41, 5.74) is 0. The van der Waals surface area contributed by atoms with Gasteiger partial charge in [0.25, 0.3) is 0 Å². The van der Waals surface area contributed by atoms with Crippen molar-refractivity contribution < 1.29 is 9.21 Å². The number of aromatic nitrogens is 3. The molecule has 0 radical (unpaired) electrons. The number of H-pyrrole nitrogens is 1. The Hall–Kier alpha value is -2.15. The Bertz CT molecular complexity index is 930. The van der Waals surface area contributed by atoms with Crippen LogP contribution >= 0.6 is 12.2 Å². The number of hydrogen-bond donors (Lipinski definition) is 1. The van der Waals surface area contributed by atoms with E-state index in [4.69, 9.17) is 16.6 Å². The lowest BCUT2D eigenvalue weighted by Crippen LogP contribution is -2.37. The minimum Gasteiger partial charge on any atom is -0.461 e. The van der Waals surface area contributed by atoms with Crippen molar-refractivity contribution in [2.75, 3.05) is 13.1 Å². The van der Waals surface area contributed by atoms with E-state index in [1.807, 2.05) is 17.0 Å². The highest BCUT2D eigenvalue weighted by molar-refractivity contribution is 7.71. The Morgan fingerprint density at radius 2 is 2.07 bits per heavy atom. The fourth-order valence-corrected chi connectivity index (χ4v) is 4.45. The van der Waals surface area contributed by atoms with E-state index in [1.165, 1.54) is 6.42 Å². The number of nitrogens with one attached hydrogen (secondary N) is 1. The van der Waals surface area contributed by atoms with Gasteiger partial charge in [0.1, 0.15) is 17.3 Å². The summed E-state index contributed by atoms with van der Waals surface area (Å²) in [6, 6.07) is 4.26. The van der Waals surface area contributed by atoms with Crippen LogP contribution < -0.4 is 0 Å². The van der Waals surface area contributed by atoms with Gasteiger partial charge in [-0.15, -0.1) is 0 Å². The summed E-state index contributed by atoms with van der Waals surface area (Å²) >= 11 is 5.35. The maximum absolute atomic E-state index is 12.6. The van der Waals surface area contributed by atoms with Gasteiger partial charge in [0, 0.05) is 37.0 Å². The number of amides is 1. The van der Waals surface area contributed by atoms with E-state index in [-0.39, 0.29) is 11.9 Å². The van der Waals surface area contributed by atoms with Crippen LogP contribution in [-0.2, 0) is 4.79 Å². The summed E-state index contributed by atoms with van der Waals surface area (Å²) in [7, 11) is 0. The third-order valence-electron chi connectivity index (χ3n) is 5.93. The Balaban J connectivity index is 1.34. The van der Waals surface area contributed by atoms with Crippen molar-refractivity contribution in [2.24, 2.45) is 5.92 Å². The molecule has 1 saturated heterocycles. The quantitative estimate of drug-likeness (QED) is 0.586. The molecule has 28 heavy (non-hydrogen) atoms. The third-order valence-corrected chi connectivity index (χ3v) is 6.22. The third kappa shape index (κ3) is 3.85. The van der Waals surface area contributed by atoms with Crippen LogP contribution in [0.3, 0.4) is 0 Å². The molecule has 2 unspecified atom stereocenters. The zero-order valence-corrected chi connectivity index (χ0v) is 17.5. The molecule has 1 aliphatic carbocycles. The minimum absolute atomic E-state index is 0.0407. The van der Waals surface area contributed by atoms with Gasteiger partial charge in [-0.3, -0.25) is 9.89 Å². The van der Waals surface area contributed by atoms with Gasteiger partial charge in [-0.2, -0.15) is 5.10 Å². The molecule has 6 nitrogen and oxygen atoms in total. The molecule has 1 saturated carbocycles. The van der Waals surface area contributed by atoms with Gasteiger partial charge >= 0.3 is 0 Å². The summed E-state index contributed by atoms with van der Waals surface area (Å²) in [6.45, 7) is 7.92. The second-order valence-electron chi connectivity index (χ2n) is 8.34. The fraction of sp³-hybridized carbons (Fsp3) is 0.571. The maximum atomic E-state index is 12.6. The standard InChI is InChI=1S/C21H28N4O2S/c1-13(2)25-20(22-23-21(25)28)15-8-10-24(11-9-15)19(26)7-5-16-4-6-18(27-16)17-12-14(17)3/h4-7,13-15,17H,8-12H2,1-3H3,(H,23,28)/b7-5+. The Kier molecular flexibility index (Phi) is 5.27. The van der Waals surface area contributed by atoms with E-state index in [1.54, 1.807) is 12.2 Å². The lowest BCUT2D eigenvalue weighted by molar-refractivity contribution is -0.127. The Labute approximate surface area is 170 Å². The average molecular weight is 401 g/mol. The van der Waals surface area contributed by atoms with Crippen LogP contribution in [0.15, 0.2) is 22.6 Å². The van der Waals surface area contributed by atoms with Crippen molar-refractivity contribution in [3.05, 3.63) is 40.3 Å². The minimum atomic E-state index is 0.0407. The molecule has 150 valence electrons. The molecule has 0 spiro atoms. The first-order valence-corrected chi connectivity index (χ1v) is 10.6. The first-order valence-electron chi connectivity index (χ1n) is 10.2. The largest absolute Gasteiger partial charge is 0.461 e. The van der Waals surface area contributed by atoms with Gasteiger partial charge in [0.05, 0.1) is 0 Å². The van der Waals surface area contributed by atoms with Crippen LogP contribution in [0.25, 0.3) is 6.08 Å². The number of carbonyl (C=O) groups excluding carboxylic acids is 1. The molecule has 2 aliphatic rings. The summed E-state index contributed by atoms with van der Waals surface area (Å²) in [6.07, 6.45) is 6.41. The highest BCUT2D eigenvalue weighted by atomic mass is 32.1. The number of furan rings is 1. The second-order valence-corrected chi connectivity index (χ2v) is 8.73. The summed E-state index contributed by atoms with van der Waals surface area (Å²) < 4.78 is 8.61. The van der Waals surface area contributed by atoms with Crippen LogP contribution in [0.2, 0.25) is 0 Å². The molecular weight excluding hydrogens is 372 g/mol. The lowest BCUT2D eigenvalue weighted by Gasteiger charge is -2.31. The van der Waals surface area contributed by atoms with Crippen LogP contribution in [0, 0.1) is 10.7 Å². The van der Waals surface area contributed by atoms with Gasteiger partial charge in [-0.05, 0) is 69.5 Å². The molecule has 1 aliphatic heterocycles. The predicted octanol–water partition coefficient (Wildman–Crippen LogP) is 4.66. The molecule has 1 N–H and O–H groups in total. The number of rotatable bonds is 5. The normalized spacial score (nSPS) is 23.1. The zero-order valence-electron chi connectivity index (χ0n) is 16.7. The van der Waals surface area contributed by atoms with Crippen LogP contribution in [-0.4, -0.2) is 38.7 Å². The van der Waals surface area contributed by atoms with E-state index < -0.39 is 0 Å². The molecule has 7 heteroatoms. The molecule has 3 heterocycles. The van der Waals surface area contributed by atoms with E-state index in [0.717, 1.165) is 43.3 Å². The molecule has 2 aromatic heterocycles. The molecule has 0 bridgehead atoms. The molecule has 1 amide bonds. The van der Waals surface area contributed by atoms with E-state index in [0.29, 0.717) is 22.5 Å². The van der Waals surface area contributed by atoms with Crippen molar-refractivity contribution in [1.82, 2.24) is 19.7 Å². The van der Waals surface area contributed by atoms with Crippen LogP contribution in [0.1, 0.15) is 75.3 Å². The SMILES string of the molecule is CC1CC1c1ccc(/C=C/C(=O)N2CCC(c3n[nH]c(=S)n3C(C)C)CC2)o1. The summed E-state index contributed by atoms with van der Waals surface area (Å²) in [4.78, 5) is 14.5. The van der Waals surface area contributed by atoms with Crippen molar-refractivity contribution >= 4 is 24.2 Å². The number of nitrogens with zero attached hydrogens (tertiary/aromatic N) is 3. The van der Waals surface area contributed by atoms with Crippen molar-refractivity contribution in [3.63, 3.8) is 0 Å². The number of likely N-dealkylation sites (tertiary alicyclic amines) is 1. The van der Waals surface area contributed by atoms with Crippen LogP contribution in [0.4, 0.5) is 0 Å². The molecule has 2 atom stereocenters. The molecule has 2 fully saturated rings. The fourth-order valence-electron chi connectivity index (χ4n) is 4.10. The maximum Gasteiger partial charge on any atom is 0.246 e. The highest BCUT2D eigenvalue weighted by Gasteiger charge is 2.36. The van der Waals surface area contributed by atoms with Gasteiger partial charge in [0.2, 0.25) is 5.91 Å². The number of hydrogen-bond acceptors (Lipinski definition) is 4. The van der Waals surface area contributed by atoms with E-state index in [2.05, 4.69) is 35.5 Å². The van der Waals surface area contributed by atoms with E-state index in [9.17, 15) is 4.79 Å². The lowest BCUT2D eigenvalue weighted by atomic mass is 9.95. The zero-order chi connectivity index (χ0) is 19.8. The van der Waals surface area contributed by atoms with Gasteiger partial charge in [-0.25, -0.2) is 0 Å². The number of piperidine rings is 1. The van der Waals surface area contributed by atoms with Gasteiger partial charge < -0.3 is 13.9 Å². The Morgan fingerprint density at radius 3 is 2.71 bits per heavy atom. The second kappa shape index (κ2) is 7.70. The summed E-state index contributed by atoms with van der Waals surface area (Å²) in [5, 5.41) is 7.37. The topological polar surface area (TPSA) is 67.1 Å².